The number of carbonyl (C=O) groups is 1. The lowest BCUT2D eigenvalue weighted by Gasteiger charge is -2.50. The molecule has 2 atom stereocenters. The Labute approximate surface area is 152 Å². The highest BCUT2D eigenvalue weighted by Crippen LogP contribution is 2.50. The second-order valence-corrected chi connectivity index (χ2v) is 7.24. The van der Waals surface area contributed by atoms with Gasteiger partial charge in [-0.15, -0.1) is 0 Å². The molecule has 1 N–H and O–H groups in total. The molecule has 1 fully saturated rings. The van der Waals surface area contributed by atoms with E-state index in [-0.39, 0.29) is 17.9 Å². The maximum absolute atomic E-state index is 13.3. The molecule has 2 aromatic carbocycles. The van der Waals surface area contributed by atoms with Gasteiger partial charge in [-0.25, -0.2) is 9.18 Å². The molecule has 0 unspecified atom stereocenters. The van der Waals surface area contributed by atoms with Gasteiger partial charge < -0.3 is 14.8 Å². The minimum absolute atomic E-state index is 0.190. The molecule has 2 amide bonds. The first kappa shape index (κ1) is 16.2. The Bertz CT molecular complexity index is 858. The molecule has 4 rings (SSSR count). The van der Waals surface area contributed by atoms with Crippen LogP contribution in [0.4, 0.5) is 14.9 Å². The highest BCUT2D eigenvalue weighted by Gasteiger charge is 2.50. The third kappa shape index (κ3) is 2.54. The Morgan fingerprint density at radius 3 is 2.76 bits per heavy atom. The first-order chi connectivity index (χ1) is 11.9. The summed E-state index contributed by atoms with van der Waals surface area (Å²) in [6.07, 6.45) is 0.558. The fourth-order valence-electron chi connectivity index (χ4n) is 3.53. The van der Waals surface area contributed by atoms with Crippen molar-refractivity contribution in [2.24, 2.45) is 0 Å². The molecule has 2 aliphatic rings. The molecule has 2 bridgehead atoms. The number of benzene rings is 2. The third-order valence-corrected chi connectivity index (χ3v) is 5.06. The van der Waals surface area contributed by atoms with Crippen molar-refractivity contribution in [1.29, 1.82) is 0 Å². The van der Waals surface area contributed by atoms with Gasteiger partial charge in [0.25, 0.3) is 0 Å². The molecular weight excluding hydrogens is 391 g/mol. The lowest BCUT2D eigenvalue weighted by Crippen LogP contribution is -2.65. The maximum atomic E-state index is 13.3. The summed E-state index contributed by atoms with van der Waals surface area (Å²) < 4.78 is 25.8. The molecule has 0 aromatic heterocycles. The van der Waals surface area contributed by atoms with E-state index in [2.05, 4.69) is 21.2 Å². The van der Waals surface area contributed by atoms with Gasteiger partial charge in [-0.2, -0.15) is 0 Å². The van der Waals surface area contributed by atoms with Crippen LogP contribution in [0, 0.1) is 5.82 Å². The molecule has 5 nitrogen and oxygen atoms in total. The van der Waals surface area contributed by atoms with Crippen molar-refractivity contribution in [3.05, 3.63) is 52.3 Å². The summed E-state index contributed by atoms with van der Waals surface area (Å²) in [5.74, 6) is 0.845. The number of rotatable bonds is 2. The lowest BCUT2D eigenvalue weighted by molar-refractivity contribution is 0.0349. The minimum atomic E-state index is -0.904. The second kappa shape index (κ2) is 5.62. The maximum Gasteiger partial charge on any atom is 0.325 e. The van der Waals surface area contributed by atoms with Crippen LogP contribution >= 0.6 is 15.9 Å². The van der Waals surface area contributed by atoms with Gasteiger partial charge >= 0.3 is 6.03 Å². The Balaban J connectivity index is 1.82. The van der Waals surface area contributed by atoms with Crippen LogP contribution in [0.3, 0.4) is 0 Å². The Hall–Kier alpha value is -2.28. The Morgan fingerprint density at radius 1 is 1.36 bits per heavy atom. The number of hydrogen-bond donors (Lipinski definition) is 1. The van der Waals surface area contributed by atoms with Crippen molar-refractivity contribution in [2.45, 2.75) is 25.1 Å². The summed E-state index contributed by atoms with van der Waals surface area (Å²) in [5.41, 5.74) is 0.536. The number of anilines is 1. The average Bonchev–Trinajstić information content (AvgIpc) is 2.56. The fourth-order valence-corrected chi connectivity index (χ4v) is 3.99. The Morgan fingerprint density at radius 2 is 2.08 bits per heavy atom. The van der Waals surface area contributed by atoms with Gasteiger partial charge in [-0.05, 0) is 43.3 Å². The zero-order valence-corrected chi connectivity index (χ0v) is 15.3. The number of halogens is 2. The third-order valence-electron chi connectivity index (χ3n) is 4.61. The van der Waals surface area contributed by atoms with Crippen LogP contribution in [0.15, 0.2) is 40.9 Å². The fraction of sp³-hybridized carbons (Fsp3) is 0.278. The van der Waals surface area contributed by atoms with Crippen molar-refractivity contribution in [2.75, 3.05) is 12.0 Å². The van der Waals surface area contributed by atoms with Crippen LogP contribution in [-0.4, -0.2) is 18.9 Å². The summed E-state index contributed by atoms with van der Waals surface area (Å²) in [5, 5.41) is 3.01. The summed E-state index contributed by atoms with van der Waals surface area (Å²) in [7, 11) is 1.58. The molecule has 0 aliphatic carbocycles. The summed E-state index contributed by atoms with van der Waals surface area (Å²) in [6, 6.07) is 9.07. The highest BCUT2D eigenvalue weighted by atomic mass is 79.9. The quantitative estimate of drug-likeness (QED) is 0.805. The van der Waals surface area contributed by atoms with Gasteiger partial charge in [0.2, 0.25) is 0 Å². The largest absolute Gasteiger partial charge is 0.493 e. The van der Waals surface area contributed by atoms with Gasteiger partial charge in [-0.3, -0.25) is 4.90 Å². The molecule has 130 valence electrons. The van der Waals surface area contributed by atoms with Gasteiger partial charge in [0.05, 0.1) is 13.2 Å². The number of carbonyl (C=O) groups excluding carboxylic acids is 1. The van der Waals surface area contributed by atoms with E-state index in [1.165, 1.54) is 17.0 Å². The van der Waals surface area contributed by atoms with E-state index < -0.39 is 5.72 Å². The van der Waals surface area contributed by atoms with Crippen molar-refractivity contribution in [3.63, 3.8) is 0 Å². The minimum Gasteiger partial charge on any atom is -0.493 e. The van der Waals surface area contributed by atoms with E-state index in [0.29, 0.717) is 23.6 Å². The monoisotopic (exact) mass is 406 g/mol. The van der Waals surface area contributed by atoms with Crippen molar-refractivity contribution in [3.8, 4) is 11.5 Å². The van der Waals surface area contributed by atoms with E-state index in [4.69, 9.17) is 9.47 Å². The van der Waals surface area contributed by atoms with Crippen LogP contribution in [0.5, 0.6) is 11.5 Å². The lowest BCUT2D eigenvalue weighted by atomic mass is 9.90. The smallest absolute Gasteiger partial charge is 0.325 e. The zero-order chi connectivity index (χ0) is 17.8. The number of ether oxygens (including phenoxy) is 2. The number of nitrogens with zero attached hydrogens (tertiary/aromatic N) is 1. The molecular formula is C18H16BrFN2O3. The predicted molar refractivity (Wildman–Crippen MR) is 94.5 cm³/mol. The molecule has 2 heterocycles. The summed E-state index contributed by atoms with van der Waals surface area (Å²) >= 11 is 3.46. The van der Waals surface area contributed by atoms with Crippen LogP contribution in [0.1, 0.15) is 24.9 Å². The van der Waals surface area contributed by atoms with Gasteiger partial charge in [-0.1, -0.05) is 15.9 Å². The number of amides is 2. The van der Waals surface area contributed by atoms with E-state index in [0.717, 1.165) is 10.0 Å². The molecule has 1 saturated heterocycles. The van der Waals surface area contributed by atoms with Crippen molar-refractivity contribution in [1.82, 2.24) is 5.32 Å². The molecule has 2 aromatic rings. The van der Waals surface area contributed by atoms with Crippen molar-refractivity contribution >= 4 is 27.6 Å². The molecule has 0 spiro atoms. The first-order valence-electron chi connectivity index (χ1n) is 7.84. The molecule has 0 radical (unpaired) electrons. The van der Waals surface area contributed by atoms with Crippen LogP contribution < -0.4 is 19.7 Å². The number of nitrogens with one attached hydrogen (secondary N) is 1. The SMILES string of the molecule is COc1cc(Br)cc2c1O[C@@]1(C)C[C@H]2NC(=O)N1c1ccc(F)cc1. The van der Waals surface area contributed by atoms with E-state index in [9.17, 15) is 9.18 Å². The van der Waals surface area contributed by atoms with Crippen LogP contribution in [0.2, 0.25) is 0 Å². The molecule has 25 heavy (non-hydrogen) atoms. The van der Waals surface area contributed by atoms with E-state index in [1.807, 2.05) is 19.1 Å². The molecule has 2 aliphatic heterocycles. The number of methoxy groups -OCH3 is 1. The molecule has 7 heteroatoms. The first-order valence-corrected chi connectivity index (χ1v) is 8.63. The van der Waals surface area contributed by atoms with Gasteiger partial charge in [0.15, 0.2) is 17.2 Å². The number of fused-ring (bicyclic) bond motifs is 4. The second-order valence-electron chi connectivity index (χ2n) is 6.32. The van der Waals surface area contributed by atoms with Crippen LogP contribution in [0.25, 0.3) is 0 Å². The van der Waals surface area contributed by atoms with E-state index in [1.54, 1.807) is 19.2 Å². The number of hydrogen-bond acceptors (Lipinski definition) is 3. The summed E-state index contributed by atoms with van der Waals surface area (Å²) in [6.45, 7) is 1.85. The zero-order valence-electron chi connectivity index (χ0n) is 13.7. The van der Waals surface area contributed by atoms with Gasteiger partial charge in [0.1, 0.15) is 5.82 Å². The predicted octanol–water partition coefficient (Wildman–Crippen LogP) is 4.37. The Kier molecular flexibility index (Phi) is 3.64. The summed E-state index contributed by atoms with van der Waals surface area (Å²) in [4.78, 5) is 14.3. The average molecular weight is 407 g/mol. The number of urea groups is 1. The normalized spacial score (nSPS) is 24.2. The molecule has 0 saturated carbocycles. The van der Waals surface area contributed by atoms with Crippen LogP contribution in [-0.2, 0) is 0 Å². The van der Waals surface area contributed by atoms with E-state index >= 15 is 0 Å². The van der Waals surface area contributed by atoms with Gasteiger partial charge in [0, 0.05) is 22.1 Å². The topological polar surface area (TPSA) is 50.8 Å². The standard InChI is InChI=1S/C18H16BrFN2O3/c1-18-9-14(13-7-10(19)8-15(24-2)16(13)25-18)21-17(23)22(18)12-5-3-11(20)4-6-12/h3-8,14H,9H2,1-2H3,(H,21,23)/t14-,18+/m1/s1. The highest BCUT2D eigenvalue weighted by molar-refractivity contribution is 9.10. The van der Waals surface area contributed by atoms with Crippen molar-refractivity contribution < 1.29 is 18.7 Å².